The van der Waals surface area contributed by atoms with Gasteiger partial charge in [0.2, 0.25) is 0 Å². The lowest BCUT2D eigenvalue weighted by Gasteiger charge is -2.37. The molecule has 0 aliphatic heterocycles. The molecule has 0 aliphatic carbocycles. The van der Waals surface area contributed by atoms with Gasteiger partial charge in [0, 0.05) is 12.5 Å². The van der Waals surface area contributed by atoms with Gasteiger partial charge in [-0.2, -0.15) is 0 Å². The third kappa shape index (κ3) is 4.53. The van der Waals surface area contributed by atoms with E-state index in [1.54, 1.807) is 24.3 Å². The molecule has 0 heterocycles. The van der Waals surface area contributed by atoms with Gasteiger partial charge in [-0.1, -0.05) is 37.3 Å². The summed E-state index contributed by atoms with van der Waals surface area (Å²) in [5, 5.41) is 11.6. The van der Waals surface area contributed by atoms with E-state index in [9.17, 15) is 13.9 Å². The summed E-state index contributed by atoms with van der Waals surface area (Å²) in [5.74, 6) is -0.875. The smallest absolute Gasteiger partial charge is 0.123 e. The Bertz CT molecular complexity index is 740. The van der Waals surface area contributed by atoms with E-state index < -0.39 is 5.60 Å². The molecule has 0 amide bonds. The first-order valence-electron chi connectivity index (χ1n) is 8.31. The highest BCUT2D eigenvalue weighted by Crippen LogP contribution is 2.38. The van der Waals surface area contributed by atoms with Crippen LogP contribution in [-0.2, 0) is 5.60 Å². The molecule has 25 heavy (non-hydrogen) atoms. The zero-order chi connectivity index (χ0) is 18.6. The zero-order valence-electron chi connectivity index (χ0n) is 15.1. The van der Waals surface area contributed by atoms with Crippen molar-refractivity contribution in [2.45, 2.75) is 19.4 Å². The van der Waals surface area contributed by atoms with Crippen molar-refractivity contribution >= 4 is 6.08 Å². The summed E-state index contributed by atoms with van der Waals surface area (Å²) in [6, 6.07) is 12.1. The van der Waals surface area contributed by atoms with Crippen LogP contribution in [0.1, 0.15) is 25.0 Å². The fourth-order valence-corrected chi connectivity index (χ4v) is 3.23. The van der Waals surface area contributed by atoms with Gasteiger partial charge in [0.15, 0.2) is 0 Å². The van der Waals surface area contributed by atoms with E-state index in [-0.39, 0.29) is 17.6 Å². The summed E-state index contributed by atoms with van der Waals surface area (Å²) < 4.78 is 26.9. The Morgan fingerprint density at radius 2 is 1.76 bits per heavy atom. The van der Waals surface area contributed by atoms with Crippen molar-refractivity contribution in [3.63, 3.8) is 0 Å². The normalized spacial score (nSPS) is 15.9. The van der Waals surface area contributed by atoms with E-state index >= 15 is 0 Å². The van der Waals surface area contributed by atoms with Crippen LogP contribution in [0.25, 0.3) is 6.08 Å². The molecule has 2 unspecified atom stereocenters. The van der Waals surface area contributed by atoms with Gasteiger partial charge in [0.25, 0.3) is 0 Å². The van der Waals surface area contributed by atoms with Crippen molar-refractivity contribution in [3.8, 4) is 0 Å². The Balaban J connectivity index is 2.51. The summed E-state index contributed by atoms with van der Waals surface area (Å²) in [6.45, 7) is 4.38. The molecule has 0 aromatic heterocycles. The molecular formula is C21H25F2NO. The predicted octanol–water partition coefficient (Wildman–Crippen LogP) is 4.45. The fraction of sp³-hybridized carbons (Fsp3) is 0.333. The number of nitrogens with zero attached hydrogens (tertiary/aromatic N) is 1. The summed E-state index contributed by atoms with van der Waals surface area (Å²) in [6.07, 6.45) is 1.82. The molecule has 0 fully saturated rings. The average molecular weight is 345 g/mol. The number of halogens is 2. The van der Waals surface area contributed by atoms with Crippen molar-refractivity contribution in [2.75, 3.05) is 20.6 Å². The number of rotatable bonds is 6. The third-order valence-electron chi connectivity index (χ3n) is 4.47. The van der Waals surface area contributed by atoms with Crippen molar-refractivity contribution in [1.29, 1.82) is 0 Å². The summed E-state index contributed by atoms with van der Waals surface area (Å²) >= 11 is 0. The van der Waals surface area contributed by atoms with Crippen LogP contribution in [0.15, 0.2) is 54.1 Å². The monoisotopic (exact) mass is 345 g/mol. The Morgan fingerprint density at radius 3 is 2.32 bits per heavy atom. The van der Waals surface area contributed by atoms with Gasteiger partial charge >= 0.3 is 0 Å². The second kappa shape index (κ2) is 7.89. The molecule has 0 saturated carbocycles. The first-order chi connectivity index (χ1) is 11.7. The minimum absolute atomic E-state index is 0.180. The molecule has 134 valence electrons. The Labute approximate surface area is 148 Å². The zero-order valence-corrected chi connectivity index (χ0v) is 15.1. The summed E-state index contributed by atoms with van der Waals surface area (Å²) in [7, 11) is 3.86. The Morgan fingerprint density at radius 1 is 1.12 bits per heavy atom. The largest absolute Gasteiger partial charge is 0.380 e. The van der Waals surface area contributed by atoms with Crippen molar-refractivity contribution < 1.29 is 13.9 Å². The lowest BCUT2D eigenvalue weighted by atomic mass is 9.76. The standard InChI is InChI=1S/C21H25F2NO/c1-15(12-17-8-10-19(22)11-9-17)21(25,16(2)14-24(3)4)18-6-5-7-20(23)13-18/h5-13,16,25H,14H2,1-4H3/b15-12-. The highest BCUT2D eigenvalue weighted by atomic mass is 19.1. The lowest BCUT2D eigenvalue weighted by Crippen LogP contribution is -2.40. The fourth-order valence-electron chi connectivity index (χ4n) is 3.23. The van der Waals surface area contributed by atoms with Gasteiger partial charge in [0.1, 0.15) is 17.2 Å². The quantitative estimate of drug-likeness (QED) is 0.836. The molecule has 2 aromatic carbocycles. The van der Waals surface area contributed by atoms with Crippen LogP contribution in [0.2, 0.25) is 0 Å². The molecular weight excluding hydrogens is 320 g/mol. The van der Waals surface area contributed by atoms with Crippen LogP contribution in [0.3, 0.4) is 0 Å². The molecule has 1 N–H and O–H groups in total. The van der Waals surface area contributed by atoms with Crippen LogP contribution in [0.4, 0.5) is 8.78 Å². The first-order valence-corrected chi connectivity index (χ1v) is 8.31. The molecule has 0 saturated heterocycles. The van der Waals surface area contributed by atoms with E-state index in [4.69, 9.17) is 0 Å². The maximum Gasteiger partial charge on any atom is 0.123 e. The molecule has 2 atom stereocenters. The molecule has 2 nitrogen and oxygen atoms in total. The average Bonchev–Trinajstić information content (AvgIpc) is 2.55. The van der Waals surface area contributed by atoms with E-state index in [0.717, 1.165) is 5.56 Å². The highest BCUT2D eigenvalue weighted by Gasteiger charge is 2.38. The molecule has 0 radical (unpaired) electrons. The lowest BCUT2D eigenvalue weighted by molar-refractivity contribution is 0.0103. The minimum atomic E-state index is -1.33. The number of hydrogen-bond acceptors (Lipinski definition) is 2. The van der Waals surface area contributed by atoms with Crippen molar-refractivity contribution in [1.82, 2.24) is 4.90 Å². The van der Waals surface area contributed by atoms with Gasteiger partial charge < -0.3 is 10.0 Å². The van der Waals surface area contributed by atoms with Crippen LogP contribution >= 0.6 is 0 Å². The Kier molecular flexibility index (Phi) is 6.09. The van der Waals surface area contributed by atoms with E-state index in [0.29, 0.717) is 17.7 Å². The molecule has 2 rings (SSSR count). The maximum atomic E-state index is 13.8. The van der Waals surface area contributed by atoms with Crippen LogP contribution < -0.4 is 0 Å². The maximum absolute atomic E-state index is 13.8. The Hall–Kier alpha value is -2.04. The summed E-state index contributed by atoms with van der Waals surface area (Å²) in [5.41, 5.74) is 0.642. The number of benzene rings is 2. The SMILES string of the molecule is C/C(=C/c1ccc(F)cc1)C(O)(c1cccc(F)c1)C(C)CN(C)C. The predicted molar refractivity (Wildman–Crippen MR) is 98.1 cm³/mol. The molecule has 4 heteroatoms. The third-order valence-corrected chi connectivity index (χ3v) is 4.47. The molecule has 2 aromatic rings. The minimum Gasteiger partial charge on any atom is -0.380 e. The number of aliphatic hydroxyl groups is 1. The second-order valence-electron chi connectivity index (χ2n) is 6.82. The van der Waals surface area contributed by atoms with E-state index in [1.807, 2.05) is 38.9 Å². The molecule has 0 aliphatic rings. The van der Waals surface area contributed by atoms with Crippen molar-refractivity contribution in [2.24, 2.45) is 5.92 Å². The van der Waals surface area contributed by atoms with Crippen LogP contribution in [0, 0.1) is 17.6 Å². The highest BCUT2D eigenvalue weighted by molar-refractivity contribution is 5.56. The van der Waals surface area contributed by atoms with E-state index in [1.165, 1.54) is 24.3 Å². The summed E-state index contributed by atoms with van der Waals surface area (Å²) in [4.78, 5) is 1.99. The van der Waals surface area contributed by atoms with Crippen LogP contribution in [0.5, 0.6) is 0 Å². The molecule has 0 spiro atoms. The number of hydrogen-bond donors (Lipinski definition) is 1. The van der Waals surface area contributed by atoms with Gasteiger partial charge in [0.05, 0.1) is 0 Å². The van der Waals surface area contributed by atoms with Gasteiger partial charge in [-0.05, 0) is 62.0 Å². The van der Waals surface area contributed by atoms with Gasteiger partial charge in [-0.3, -0.25) is 0 Å². The van der Waals surface area contributed by atoms with Crippen molar-refractivity contribution in [3.05, 3.63) is 76.9 Å². The molecule has 0 bridgehead atoms. The second-order valence-corrected chi connectivity index (χ2v) is 6.82. The van der Waals surface area contributed by atoms with Crippen LogP contribution in [-0.4, -0.2) is 30.6 Å². The van der Waals surface area contributed by atoms with Gasteiger partial charge in [-0.25, -0.2) is 8.78 Å². The topological polar surface area (TPSA) is 23.5 Å². The van der Waals surface area contributed by atoms with E-state index in [2.05, 4.69) is 0 Å². The first kappa shape index (κ1) is 19.3. The van der Waals surface area contributed by atoms with Gasteiger partial charge in [-0.15, -0.1) is 0 Å².